The maximum atomic E-state index is 11.8. The van der Waals surface area contributed by atoms with E-state index in [1.165, 1.54) is 18.2 Å². The van der Waals surface area contributed by atoms with Crippen LogP contribution in [0.1, 0.15) is 5.56 Å². The molecule has 0 aliphatic carbocycles. The summed E-state index contributed by atoms with van der Waals surface area (Å²) in [6.07, 6.45) is 0. The molecular weight excluding hydrogens is 178 g/mol. The third-order valence-electron chi connectivity index (χ3n) is 1.34. The molecule has 1 aromatic carbocycles. The first-order valence-corrected chi connectivity index (χ1v) is 3.38. The Morgan fingerprint density at radius 1 is 1.46 bits per heavy atom. The highest BCUT2D eigenvalue weighted by molar-refractivity contribution is 5.52. The van der Waals surface area contributed by atoms with Crippen LogP contribution >= 0.6 is 0 Å². The molecule has 0 aliphatic rings. The SMILES string of the molecule is N#Cc1ccc(N)cc1OC(F)F. The minimum Gasteiger partial charge on any atom is -0.433 e. The molecule has 68 valence electrons. The average molecular weight is 184 g/mol. The number of benzene rings is 1. The molecule has 0 heterocycles. The molecule has 3 nitrogen and oxygen atoms in total. The number of ether oxygens (including phenoxy) is 1. The number of rotatable bonds is 2. The molecule has 0 saturated heterocycles. The lowest BCUT2D eigenvalue weighted by atomic mass is 10.2. The second-order valence-electron chi connectivity index (χ2n) is 2.25. The maximum Gasteiger partial charge on any atom is 0.387 e. The van der Waals surface area contributed by atoms with Crippen molar-refractivity contribution in [2.75, 3.05) is 5.73 Å². The van der Waals surface area contributed by atoms with Crippen LogP contribution in [0.5, 0.6) is 5.75 Å². The molecule has 0 amide bonds. The van der Waals surface area contributed by atoms with Crippen molar-refractivity contribution in [3.8, 4) is 11.8 Å². The molecule has 1 aromatic rings. The Morgan fingerprint density at radius 3 is 2.69 bits per heavy atom. The van der Waals surface area contributed by atoms with E-state index in [9.17, 15) is 8.78 Å². The van der Waals surface area contributed by atoms with Crippen molar-refractivity contribution >= 4 is 5.69 Å². The average Bonchev–Trinajstić information content (AvgIpc) is 2.03. The lowest BCUT2D eigenvalue weighted by Gasteiger charge is -2.06. The zero-order valence-electron chi connectivity index (χ0n) is 6.50. The molecule has 13 heavy (non-hydrogen) atoms. The highest BCUT2D eigenvalue weighted by atomic mass is 19.3. The Bertz CT molecular complexity index is 346. The van der Waals surface area contributed by atoms with Crippen LogP contribution in [0.3, 0.4) is 0 Å². The van der Waals surface area contributed by atoms with E-state index >= 15 is 0 Å². The van der Waals surface area contributed by atoms with E-state index in [1.807, 2.05) is 0 Å². The quantitative estimate of drug-likeness (QED) is 0.712. The molecule has 2 N–H and O–H groups in total. The Balaban J connectivity index is 3.03. The number of hydrogen-bond donors (Lipinski definition) is 1. The van der Waals surface area contributed by atoms with Crippen LogP contribution in [0, 0.1) is 11.3 Å². The minimum absolute atomic E-state index is 0.0366. The smallest absolute Gasteiger partial charge is 0.387 e. The van der Waals surface area contributed by atoms with Gasteiger partial charge in [-0.2, -0.15) is 14.0 Å². The lowest BCUT2D eigenvalue weighted by Crippen LogP contribution is -2.03. The van der Waals surface area contributed by atoms with Crippen molar-refractivity contribution in [2.45, 2.75) is 6.61 Å². The van der Waals surface area contributed by atoms with Crippen LogP contribution in [0.15, 0.2) is 18.2 Å². The highest BCUT2D eigenvalue weighted by Gasteiger charge is 2.09. The molecule has 1 rings (SSSR count). The van der Waals surface area contributed by atoms with Crippen LogP contribution < -0.4 is 10.5 Å². The summed E-state index contributed by atoms with van der Waals surface area (Å²) in [5, 5.41) is 8.51. The van der Waals surface area contributed by atoms with E-state index in [1.54, 1.807) is 6.07 Å². The molecular formula is C8H6F2N2O. The topological polar surface area (TPSA) is 59.0 Å². The second-order valence-corrected chi connectivity index (χ2v) is 2.25. The summed E-state index contributed by atoms with van der Waals surface area (Å²) in [7, 11) is 0. The van der Waals surface area contributed by atoms with Gasteiger partial charge in [0.15, 0.2) is 0 Å². The fourth-order valence-electron chi connectivity index (χ4n) is 0.825. The van der Waals surface area contributed by atoms with Crippen molar-refractivity contribution in [1.82, 2.24) is 0 Å². The Labute approximate surface area is 73.3 Å². The molecule has 0 aliphatic heterocycles. The van der Waals surface area contributed by atoms with E-state index in [4.69, 9.17) is 11.0 Å². The van der Waals surface area contributed by atoms with Gasteiger partial charge >= 0.3 is 6.61 Å². The third kappa shape index (κ3) is 2.30. The summed E-state index contributed by atoms with van der Waals surface area (Å²) >= 11 is 0. The summed E-state index contributed by atoms with van der Waals surface area (Å²) in [4.78, 5) is 0. The Morgan fingerprint density at radius 2 is 2.15 bits per heavy atom. The molecule has 0 aromatic heterocycles. The van der Waals surface area contributed by atoms with Gasteiger partial charge in [0.2, 0.25) is 0 Å². The molecule has 0 saturated carbocycles. The normalized spacial score (nSPS) is 9.69. The zero-order valence-corrected chi connectivity index (χ0v) is 6.50. The molecule has 0 unspecified atom stereocenters. The number of nitrogens with zero attached hydrogens (tertiary/aromatic N) is 1. The number of anilines is 1. The standard InChI is InChI=1S/C8H6F2N2O/c9-8(10)13-7-3-6(12)2-1-5(7)4-11/h1-3,8H,12H2. The lowest BCUT2D eigenvalue weighted by molar-refractivity contribution is -0.0499. The summed E-state index contributed by atoms with van der Waals surface area (Å²) in [5.41, 5.74) is 5.63. The zero-order chi connectivity index (χ0) is 9.84. The van der Waals surface area contributed by atoms with Crippen LogP contribution in [-0.2, 0) is 0 Å². The van der Waals surface area contributed by atoms with Crippen molar-refractivity contribution in [2.24, 2.45) is 0 Å². The number of nitriles is 1. The first-order valence-electron chi connectivity index (χ1n) is 3.38. The number of nitrogens with two attached hydrogens (primary N) is 1. The van der Waals surface area contributed by atoms with Crippen molar-refractivity contribution in [1.29, 1.82) is 5.26 Å². The molecule has 0 radical (unpaired) electrons. The van der Waals surface area contributed by atoms with Crippen LogP contribution in [0.2, 0.25) is 0 Å². The maximum absolute atomic E-state index is 11.8. The molecule has 0 bridgehead atoms. The van der Waals surface area contributed by atoms with E-state index in [-0.39, 0.29) is 17.0 Å². The molecule has 0 fully saturated rings. The Kier molecular flexibility index (Phi) is 2.65. The van der Waals surface area contributed by atoms with Crippen molar-refractivity contribution in [3.05, 3.63) is 23.8 Å². The minimum atomic E-state index is -2.95. The van der Waals surface area contributed by atoms with E-state index in [0.29, 0.717) is 0 Å². The van der Waals surface area contributed by atoms with Gasteiger partial charge in [-0.25, -0.2) is 0 Å². The van der Waals surface area contributed by atoms with E-state index in [2.05, 4.69) is 4.74 Å². The summed E-state index contributed by atoms with van der Waals surface area (Å²) < 4.78 is 27.7. The number of nitrogen functional groups attached to an aromatic ring is 1. The van der Waals surface area contributed by atoms with Gasteiger partial charge in [0, 0.05) is 11.8 Å². The van der Waals surface area contributed by atoms with Crippen molar-refractivity contribution < 1.29 is 13.5 Å². The van der Waals surface area contributed by atoms with Gasteiger partial charge in [-0.1, -0.05) is 0 Å². The van der Waals surface area contributed by atoms with Gasteiger partial charge in [-0.3, -0.25) is 0 Å². The number of alkyl halides is 2. The highest BCUT2D eigenvalue weighted by Crippen LogP contribution is 2.22. The van der Waals surface area contributed by atoms with Crippen molar-refractivity contribution in [3.63, 3.8) is 0 Å². The van der Waals surface area contributed by atoms with Gasteiger partial charge in [0.25, 0.3) is 0 Å². The fraction of sp³-hybridized carbons (Fsp3) is 0.125. The second kappa shape index (κ2) is 3.72. The third-order valence-corrected chi connectivity index (χ3v) is 1.34. The van der Waals surface area contributed by atoms with Crippen LogP contribution in [0.4, 0.5) is 14.5 Å². The first-order chi connectivity index (χ1) is 6.13. The summed E-state index contributed by atoms with van der Waals surface area (Å²) in [5.74, 6) is -0.197. The van der Waals surface area contributed by atoms with Gasteiger partial charge in [-0.05, 0) is 12.1 Å². The molecule has 0 spiro atoms. The predicted octanol–water partition coefficient (Wildman–Crippen LogP) is 1.74. The largest absolute Gasteiger partial charge is 0.433 e. The van der Waals surface area contributed by atoms with Gasteiger partial charge in [0.05, 0.1) is 5.56 Å². The first kappa shape index (κ1) is 9.26. The monoisotopic (exact) mass is 184 g/mol. The van der Waals surface area contributed by atoms with Gasteiger partial charge < -0.3 is 10.5 Å². The molecule has 0 atom stereocenters. The van der Waals surface area contributed by atoms with Gasteiger partial charge in [-0.15, -0.1) is 0 Å². The summed E-state index contributed by atoms with van der Waals surface area (Å²) in [6.45, 7) is -2.95. The van der Waals surface area contributed by atoms with Crippen LogP contribution in [0.25, 0.3) is 0 Å². The van der Waals surface area contributed by atoms with E-state index in [0.717, 1.165) is 0 Å². The summed E-state index contributed by atoms with van der Waals surface area (Å²) in [6, 6.07) is 5.67. The van der Waals surface area contributed by atoms with E-state index < -0.39 is 6.61 Å². The Hall–Kier alpha value is -1.83. The predicted molar refractivity (Wildman–Crippen MR) is 42.2 cm³/mol. The number of halogens is 2. The number of hydrogen-bond acceptors (Lipinski definition) is 3. The molecule has 5 heteroatoms. The van der Waals surface area contributed by atoms with Gasteiger partial charge in [0.1, 0.15) is 11.8 Å². The fourth-order valence-corrected chi connectivity index (χ4v) is 0.825. The van der Waals surface area contributed by atoms with Crippen LogP contribution in [-0.4, -0.2) is 6.61 Å².